The van der Waals surface area contributed by atoms with Crippen molar-refractivity contribution in [2.75, 3.05) is 0 Å². The molecule has 6 rings (SSSR count). The zero-order valence-corrected chi connectivity index (χ0v) is 16.8. The maximum atomic E-state index is 8.19. The number of aryl methyl sites for hydroxylation is 3. The maximum Gasteiger partial charge on any atom is 0.227 e. The van der Waals surface area contributed by atoms with Gasteiger partial charge in [0.2, 0.25) is 5.71 Å². The van der Waals surface area contributed by atoms with Gasteiger partial charge in [0.05, 0.1) is 5.69 Å². The van der Waals surface area contributed by atoms with Crippen molar-refractivity contribution >= 4 is 32.8 Å². The van der Waals surface area contributed by atoms with Crippen LogP contribution in [0.3, 0.4) is 0 Å². The standard InChI is InChI=1S/C29H22N2O/c1-17-11-13-22(21-8-5-4-7-20(17)21)26-15-27(30-16-18(26)2)25-10-6-9-23-24-14-12-19(3)31-29(24)32-28(23)25/h4-16H,1-3H3/i1D3,2D3,3D3. The van der Waals surface area contributed by atoms with Gasteiger partial charge in [-0.05, 0) is 77.8 Å². The summed E-state index contributed by atoms with van der Waals surface area (Å²) in [6.07, 6.45) is 1.32. The molecule has 154 valence electrons. The monoisotopic (exact) mass is 423 g/mol. The molecule has 0 aliphatic rings. The molecule has 3 aromatic heterocycles. The van der Waals surface area contributed by atoms with Gasteiger partial charge in [0, 0.05) is 40.6 Å². The highest BCUT2D eigenvalue weighted by atomic mass is 16.3. The molecule has 3 aromatic carbocycles. The number of fused-ring (bicyclic) bond motifs is 4. The first-order valence-corrected chi connectivity index (χ1v) is 10.1. The van der Waals surface area contributed by atoms with E-state index in [-0.39, 0.29) is 22.5 Å². The van der Waals surface area contributed by atoms with E-state index in [1.165, 1.54) is 18.3 Å². The lowest BCUT2D eigenvalue weighted by Gasteiger charge is -2.13. The van der Waals surface area contributed by atoms with Crippen molar-refractivity contribution in [3.63, 3.8) is 0 Å². The number of aromatic nitrogens is 2. The van der Waals surface area contributed by atoms with Crippen molar-refractivity contribution in [2.24, 2.45) is 0 Å². The number of rotatable bonds is 2. The topological polar surface area (TPSA) is 38.9 Å². The Morgan fingerprint density at radius 3 is 2.44 bits per heavy atom. The number of pyridine rings is 2. The second kappa shape index (κ2) is 7.03. The van der Waals surface area contributed by atoms with E-state index < -0.39 is 20.6 Å². The lowest BCUT2D eigenvalue weighted by Crippen LogP contribution is -1.92. The lowest BCUT2D eigenvalue weighted by atomic mass is 9.93. The first-order valence-electron chi connectivity index (χ1n) is 14.6. The summed E-state index contributed by atoms with van der Waals surface area (Å²) in [5, 5.41) is 2.46. The second-order valence-electron chi connectivity index (χ2n) is 7.65. The highest BCUT2D eigenvalue weighted by Crippen LogP contribution is 2.38. The zero-order chi connectivity index (χ0) is 29.3. The second-order valence-corrected chi connectivity index (χ2v) is 7.65. The first kappa shape index (κ1) is 11.6. The lowest BCUT2D eigenvalue weighted by molar-refractivity contribution is 0.653. The molecule has 0 atom stereocenters. The Bertz CT molecular complexity index is 1970. The van der Waals surface area contributed by atoms with Crippen molar-refractivity contribution in [3.05, 3.63) is 95.8 Å². The van der Waals surface area contributed by atoms with E-state index >= 15 is 0 Å². The van der Waals surface area contributed by atoms with Crippen LogP contribution in [0, 0.1) is 20.6 Å². The summed E-state index contributed by atoms with van der Waals surface area (Å²) in [5.74, 6) is 0. The molecule has 0 spiro atoms. The molecule has 0 saturated carbocycles. The Morgan fingerprint density at radius 2 is 1.56 bits per heavy atom. The molecular formula is C29H22N2O. The molecule has 0 N–H and O–H groups in total. The van der Waals surface area contributed by atoms with Crippen molar-refractivity contribution in [2.45, 2.75) is 20.6 Å². The number of furan rings is 1. The smallest absolute Gasteiger partial charge is 0.227 e. The molecule has 0 amide bonds. The Kier molecular flexibility index (Phi) is 2.54. The van der Waals surface area contributed by atoms with E-state index in [1.807, 2.05) is 12.1 Å². The summed E-state index contributed by atoms with van der Waals surface area (Å²) in [5.41, 5.74) is 2.66. The van der Waals surface area contributed by atoms with Crippen LogP contribution < -0.4 is 0 Å². The van der Waals surface area contributed by atoms with Crippen LogP contribution in [-0.4, -0.2) is 9.97 Å². The van der Waals surface area contributed by atoms with E-state index in [4.69, 9.17) is 16.8 Å². The number of nitrogens with zero attached hydrogens (tertiary/aromatic N) is 2. The Morgan fingerprint density at radius 1 is 0.688 bits per heavy atom. The predicted octanol–water partition coefficient (Wildman–Crippen LogP) is 7.79. The Balaban J connectivity index is 1.61. The van der Waals surface area contributed by atoms with E-state index in [0.29, 0.717) is 49.5 Å². The Labute approximate surface area is 199 Å². The fraction of sp³-hybridized carbons (Fsp3) is 0.103. The number of hydrogen-bond acceptors (Lipinski definition) is 3. The van der Waals surface area contributed by atoms with Crippen molar-refractivity contribution in [1.82, 2.24) is 9.97 Å². The van der Waals surface area contributed by atoms with Gasteiger partial charge in [0.25, 0.3) is 0 Å². The van der Waals surface area contributed by atoms with Crippen LogP contribution in [0.4, 0.5) is 0 Å². The van der Waals surface area contributed by atoms with Gasteiger partial charge in [-0.1, -0.05) is 48.5 Å². The van der Waals surface area contributed by atoms with Gasteiger partial charge in [-0.3, -0.25) is 4.98 Å². The molecule has 0 radical (unpaired) electrons. The molecule has 3 heteroatoms. The minimum Gasteiger partial charge on any atom is -0.437 e. The van der Waals surface area contributed by atoms with Crippen LogP contribution in [0.5, 0.6) is 0 Å². The van der Waals surface area contributed by atoms with Gasteiger partial charge < -0.3 is 4.42 Å². The average Bonchev–Trinajstić information content (AvgIpc) is 3.29. The van der Waals surface area contributed by atoms with Crippen molar-refractivity contribution < 1.29 is 16.8 Å². The van der Waals surface area contributed by atoms with Crippen LogP contribution in [0.2, 0.25) is 0 Å². The Hall–Kier alpha value is -3.98. The number of hydrogen-bond donors (Lipinski definition) is 0. The molecule has 0 aliphatic heterocycles. The van der Waals surface area contributed by atoms with E-state index in [2.05, 4.69) is 9.97 Å². The fourth-order valence-corrected chi connectivity index (χ4v) is 4.24. The maximum absolute atomic E-state index is 8.19. The molecule has 0 unspecified atom stereocenters. The van der Waals surface area contributed by atoms with Crippen molar-refractivity contribution in [3.8, 4) is 22.4 Å². The summed E-state index contributed by atoms with van der Waals surface area (Å²) in [6.45, 7) is -7.24. The number of benzene rings is 3. The van der Waals surface area contributed by atoms with E-state index in [0.717, 1.165) is 0 Å². The van der Waals surface area contributed by atoms with Gasteiger partial charge >= 0.3 is 0 Å². The molecule has 0 bridgehead atoms. The van der Waals surface area contributed by atoms with Gasteiger partial charge in [0.15, 0.2) is 0 Å². The first-order chi connectivity index (χ1) is 19.2. The minimum absolute atomic E-state index is 0.0220. The molecular weight excluding hydrogens is 392 g/mol. The SMILES string of the molecule is [2H]C([2H])([2H])c1ccc2c(n1)oc1c(-c3cc(-c4ccc(C([2H])([2H])[2H])c5ccccc45)c(C([2H])([2H])[2H])cn3)cccc12. The summed E-state index contributed by atoms with van der Waals surface area (Å²) in [4.78, 5) is 8.72. The largest absolute Gasteiger partial charge is 0.437 e. The highest BCUT2D eigenvalue weighted by molar-refractivity contribution is 6.08. The highest BCUT2D eigenvalue weighted by Gasteiger charge is 2.16. The zero-order valence-electron chi connectivity index (χ0n) is 25.8. The summed E-state index contributed by atoms with van der Waals surface area (Å²) >= 11 is 0. The van der Waals surface area contributed by atoms with Crippen LogP contribution in [0.25, 0.3) is 55.2 Å². The van der Waals surface area contributed by atoms with Gasteiger partial charge in [0.1, 0.15) is 5.58 Å². The van der Waals surface area contributed by atoms with Crippen LogP contribution >= 0.6 is 0 Å². The fourth-order valence-electron chi connectivity index (χ4n) is 4.24. The number of para-hydroxylation sites is 1. The average molecular weight is 424 g/mol. The minimum atomic E-state index is -2.49. The summed E-state index contributed by atoms with van der Waals surface area (Å²) in [6, 6.07) is 20.4. The van der Waals surface area contributed by atoms with Gasteiger partial charge in [-0.15, -0.1) is 0 Å². The summed E-state index contributed by atoms with van der Waals surface area (Å²) < 4.78 is 77.6. The third-order valence-electron chi connectivity index (χ3n) is 5.76. The normalized spacial score (nSPS) is 16.9. The molecule has 6 aromatic rings. The van der Waals surface area contributed by atoms with Crippen molar-refractivity contribution in [1.29, 1.82) is 0 Å². The van der Waals surface area contributed by atoms with Crippen LogP contribution in [0.1, 0.15) is 29.2 Å². The van der Waals surface area contributed by atoms with Crippen LogP contribution in [-0.2, 0) is 0 Å². The quantitative estimate of drug-likeness (QED) is 0.285. The molecule has 3 heterocycles. The summed E-state index contributed by atoms with van der Waals surface area (Å²) in [7, 11) is 0. The van der Waals surface area contributed by atoms with Gasteiger partial charge in [-0.2, -0.15) is 0 Å². The molecule has 0 aliphatic carbocycles. The molecule has 32 heavy (non-hydrogen) atoms. The molecule has 3 nitrogen and oxygen atoms in total. The van der Waals surface area contributed by atoms with Crippen LogP contribution in [0.15, 0.2) is 83.4 Å². The van der Waals surface area contributed by atoms with E-state index in [9.17, 15) is 0 Å². The van der Waals surface area contributed by atoms with Gasteiger partial charge in [-0.25, -0.2) is 4.98 Å². The van der Waals surface area contributed by atoms with E-state index in [1.54, 1.807) is 48.5 Å². The third-order valence-corrected chi connectivity index (χ3v) is 5.76. The predicted molar refractivity (Wildman–Crippen MR) is 132 cm³/mol. The molecule has 0 saturated heterocycles. The molecule has 0 fully saturated rings. The third kappa shape index (κ3) is 2.82.